The Balaban J connectivity index is 2.64. The van der Waals surface area contributed by atoms with E-state index < -0.39 is 67.4 Å². The van der Waals surface area contributed by atoms with Crippen molar-refractivity contribution in [2.75, 3.05) is 13.2 Å². The van der Waals surface area contributed by atoms with Gasteiger partial charge < -0.3 is 45.1 Å². The Morgan fingerprint density at radius 2 is 0.847 bits per heavy atom. The Morgan fingerprint density at radius 1 is 0.471 bits per heavy atom. The van der Waals surface area contributed by atoms with Gasteiger partial charge in [0.25, 0.3) is 0 Å². The number of ether oxygens (including phenoxy) is 3. The van der Waals surface area contributed by atoms with Gasteiger partial charge in [0.2, 0.25) is 5.91 Å². The average Bonchev–Trinajstić information content (AvgIpc) is 2.91. The molecule has 11 nitrogen and oxygen atoms in total. The highest BCUT2D eigenvalue weighted by Crippen LogP contribution is 2.26. The number of allylic oxidation sites excluding steroid dienone is 23. The molecule has 0 aliphatic carbocycles. The van der Waals surface area contributed by atoms with E-state index in [0.29, 0.717) is 12.8 Å². The van der Waals surface area contributed by atoms with E-state index in [4.69, 9.17) is 14.2 Å². The van der Waals surface area contributed by atoms with Crippen LogP contribution in [0.3, 0.4) is 0 Å². The van der Waals surface area contributed by atoms with E-state index in [9.17, 15) is 35.1 Å². The lowest BCUT2D eigenvalue weighted by Gasteiger charge is -2.41. The molecule has 0 saturated carbocycles. The van der Waals surface area contributed by atoms with Crippen molar-refractivity contribution in [1.29, 1.82) is 0 Å². The van der Waals surface area contributed by atoms with Crippen LogP contribution in [0.5, 0.6) is 0 Å². The van der Waals surface area contributed by atoms with Crippen LogP contribution in [0.4, 0.5) is 0 Å². The lowest BCUT2D eigenvalue weighted by atomic mass is 9.99. The number of carbonyl (C=O) groups excluding carboxylic acids is 2. The van der Waals surface area contributed by atoms with Gasteiger partial charge in [-0.2, -0.15) is 0 Å². The smallest absolute Gasteiger partial charge is 0.306 e. The molecule has 85 heavy (non-hydrogen) atoms. The van der Waals surface area contributed by atoms with Gasteiger partial charge in [0.05, 0.1) is 25.4 Å². The number of unbranched alkanes of at least 4 members (excludes halogenated alkanes) is 19. The second kappa shape index (κ2) is 59.9. The van der Waals surface area contributed by atoms with Gasteiger partial charge >= 0.3 is 5.97 Å². The molecule has 1 rings (SSSR count). The largest absolute Gasteiger partial charge is 0.454 e. The topological polar surface area (TPSA) is 175 Å². The van der Waals surface area contributed by atoms with Crippen molar-refractivity contribution < 1.29 is 49.3 Å². The minimum absolute atomic E-state index is 0.0596. The van der Waals surface area contributed by atoms with Crippen molar-refractivity contribution in [1.82, 2.24) is 5.32 Å². The summed E-state index contributed by atoms with van der Waals surface area (Å²) >= 11 is 0. The first-order valence-corrected chi connectivity index (χ1v) is 33.6. The third kappa shape index (κ3) is 47.3. The summed E-state index contributed by atoms with van der Waals surface area (Å²) in [6.07, 6.45) is 76.0. The van der Waals surface area contributed by atoms with E-state index in [-0.39, 0.29) is 19.4 Å². The maximum atomic E-state index is 13.5. The van der Waals surface area contributed by atoms with E-state index in [2.05, 4.69) is 160 Å². The van der Waals surface area contributed by atoms with Crippen molar-refractivity contribution in [2.45, 2.75) is 294 Å². The molecule has 0 aromatic carbocycles. The highest BCUT2D eigenvalue weighted by atomic mass is 16.7. The van der Waals surface area contributed by atoms with E-state index in [1.165, 1.54) is 57.8 Å². The van der Waals surface area contributed by atoms with Gasteiger partial charge in [-0.25, -0.2) is 0 Å². The molecule has 0 aromatic rings. The van der Waals surface area contributed by atoms with Crippen LogP contribution >= 0.6 is 0 Å². The molecule has 1 aliphatic rings. The fraction of sp³-hybridized carbons (Fsp3) is 0.649. The predicted octanol–water partition coefficient (Wildman–Crippen LogP) is 16.9. The summed E-state index contributed by atoms with van der Waals surface area (Å²) in [5.41, 5.74) is 0. The average molecular weight is 1180 g/mol. The molecular formula is C74H121NO10. The van der Waals surface area contributed by atoms with Crippen molar-refractivity contribution in [3.05, 3.63) is 146 Å². The Labute approximate surface area is 517 Å². The van der Waals surface area contributed by atoms with Gasteiger partial charge in [-0.05, 0) is 122 Å². The quantitative estimate of drug-likeness (QED) is 0.0195. The fourth-order valence-electron chi connectivity index (χ4n) is 9.50. The SMILES string of the molecule is CC/C=C\C/C=C\C/C=C\C/C=C\C/C=C\C/C=C\CCCCC(=O)OC1C(OCC(NC(=O)C(O)CCCCCCCCCC/C=C\C/C=C\C/C=C\C/C=C\C/C=C\CC)C(O)/C=C/CCCCCCCCCCC)OC(CO)C(O)C1O. The van der Waals surface area contributed by atoms with Crippen LogP contribution in [-0.4, -0.2) is 99.6 Å². The highest BCUT2D eigenvalue weighted by molar-refractivity contribution is 5.80. The van der Waals surface area contributed by atoms with Gasteiger partial charge in [0.15, 0.2) is 12.4 Å². The number of hydrogen-bond donors (Lipinski definition) is 6. The summed E-state index contributed by atoms with van der Waals surface area (Å²) in [7, 11) is 0. The van der Waals surface area contributed by atoms with E-state index in [0.717, 1.165) is 141 Å². The van der Waals surface area contributed by atoms with Crippen molar-refractivity contribution in [3.63, 3.8) is 0 Å². The Hall–Kier alpha value is -4.46. The molecule has 11 heteroatoms. The number of aliphatic hydroxyl groups excluding tert-OH is 5. The van der Waals surface area contributed by atoms with Gasteiger partial charge in [0.1, 0.15) is 24.4 Å². The number of hydrogen-bond acceptors (Lipinski definition) is 10. The third-order valence-electron chi connectivity index (χ3n) is 14.7. The number of rotatable bonds is 55. The summed E-state index contributed by atoms with van der Waals surface area (Å²) in [5, 5.41) is 57.1. The van der Waals surface area contributed by atoms with Crippen LogP contribution in [0, 0.1) is 0 Å². The predicted molar refractivity (Wildman–Crippen MR) is 356 cm³/mol. The zero-order valence-corrected chi connectivity index (χ0v) is 53.4. The maximum Gasteiger partial charge on any atom is 0.306 e. The Morgan fingerprint density at radius 3 is 1.27 bits per heavy atom. The van der Waals surface area contributed by atoms with Crippen LogP contribution in [0.1, 0.15) is 245 Å². The number of nitrogens with one attached hydrogen (secondary N) is 1. The molecule has 1 saturated heterocycles. The highest BCUT2D eigenvalue weighted by Gasteiger charge is 2.47. The summed E-state index contributed by atoms with van der Waals surface area (Å²) in [4.78, 5) is 26.6. The molecular weight excluding hydrogens is 1060 g/mol. The second-order valence-corrected chi connectivity index (χ2v) is 22.4. The third-order valence-corrected chi connectivity index (χ3v) is 14.7. The number of carbonyl (C=O) groups is 2. The Bertz CT molecular complexity index is 1940. The zero-order valence-electron chi connectivity index (χ0n) is 53.4. The molecule has 1 heterocycles. The molecule has 1 amide bonds. The summed E-state index contributed by atoms with van der Waals surface area (Å²) in [6.45, 7) is 5.52. The summed E-state index contributed by atoms with van der Waals surface area (Å²) < 4.78 is 17.6. The first-order valence-electron chi connectivity index (χ1n) is 33.6. The standard InChI is InChI=1S/C74H121NO10/c1-4-7-10-13-16-19-22-24-26-28-30-32-33-34-36-37-39-41-43-46-49-52-55-58-61-67(78)73(82)75-65(66(77)60-57-54-51-48-45-21-18-15-12-9-6-3)64-83-74-72(71(81)70(80)68(63-76)84-74)85-69(79)62-59-56-53-50-47-44-42-40-38-35-31-29-27-25-23-20-17-14-11-8-5-2/h7-8,10-11,16-17,19-20,24-27,30-32,34-36,40,42,47,50,57,60,65-68,70-72,74,76-78,80-81H,4-6,9,12-15,18,21-23,28-29,33,37-39,41,43-46,48-49,51-56,58-59,61-64H2,1-3H3,(H,75,82)/b10-7-,11-8-,19-16-,20-17-,26-24-,27-25-,32-30-,35-31-,36-34-,42-40-,50-47-,60-57+. The minimum atomic E-state index is -1.64. The fourth-order valence-corrected chi connectivity index (χ4v) is 9.50. The first kappa shape index (κ1) is 78.6. The summed E-state index contributed by atoms with van der Waals surface area (Å²) in [6, 6.07) is -1.05. The lowest BCUT2D eigenvalue weighted by Crippen LogP contribution is -2.61. The number of esters is 1. The van der Waals surface area contributed by atoms with E-state index in [1.54, 1.807) is 6.08 Å². The van der Waals surface area contributed by atoms with E-state index >= 15 is 0 Å². The van der Waals surface area contributed by atoms with Crippen molar-refractivity contribution in [2.24, 2.45) is 0 Å². The normalized spacial score (nSPS) is 19.4. The Kier molecular flexibility index (Phi) is 55.3. The minimum Gasteiger partial charge on any atom is -0.454 e. The van der Waals surface area contributed by atoms with Gasteiger partial charge in [0, 0.05) is 6.42 Å². The molecule has 0 aromatic heterocycles. The van der Waals surface area contributed by atoms with E-state index in [1.807, 2.05) is 6.08 Å². The van der Waals surface area contributed by atoms with Gasteiger partial charge in [-0.3, -0.25) is 9.59 Å². The molecule has 1 aliphatic heterocycles. The van der Waals surface area contributed by atoms with Gasteiger partial charge in [-0.15, -0.1) is 0 Å². The van der Waals surface area contributed by atoms with Gasteiger partial charge in [-0.1, -0.05) is 263 Å². The van der Waals surface area contributed by atoms with Crippen LogP contribution < -0.4 is 5.32 Å². The maximum absolute atomic E-state index is 13.5. The molecule has 8 atom stereocenters. The van der Waals surface area contributed by atoms with Crippen LogP contribution in [0.25, 0.3) is 0 Å². The van der Waals surface area contributed by atoms with Crippen molar-refractivity contribution >= 4 is 11.9 Å². The summed E-state index contributed by atoms with van der Waals surface area (Å²) in [5.74, 6) is -1.26. The first-order chi connectivity index (χ1) is 41.7. The zero-order chi connectivity index (χ0) is 61.7. The number of amides is 1. The van der Waals surface area contributed by atoms with Crippen molar-refractivity contribution in [3.8, 4) is 0 Å². The molecule has 0 bridgehead atoms. The van der Waals surface area contributed by atoms with Crippen LogP contribution in [-0.2, 0) is 23.8 Å². The molecule has 0 radical (unpaired) electrons. The molecule has 8 unspecified atom stereocenters. The number of aliphatic hydroxyl groups is 5. The molecule has 482 valence electrons. The monoisotopic (exact) mass is 1180 g/mol. The van der Waals surface area contributed by atoms with Crippen LogP contribution in [0.2, 0.25) is 0 Å². The van der Waals surface area contributed by atoms with Crippen LogP contribution in [0.15, 0.2) is 146 Å². The second-order valence-electron chi connectivity index (χ2n) is 22.4. The molecule has 1 fully saturated rings. The lowest BCUT2D eigenvalue weighted by molar-refractivity contribution is -0.305. The molecule has 0 spiro atoms. The molecule has 6 N–H and O–H groups in total.